The van der Waals surface area contributed by atoms with E-state index >= 15 is 0 Å². The number of hydrogen-bond donors (Lipinski definition) is 0. The van der Waals surface area contributed by atoms with Gasteiger partial charge in [-0.2, -0.15) is 0 Å². The zero-order valence-corrected chi connectivity index (χ0v) is 13.3. The Bertz CT molecular complexity index is 897. The van der Waals surface area contributed by atoms with Crippen LogP contribution in [0.5, 0.6) is 0 Å². The number of thiazole rings is 1. The van der Waals surface area contributed by atoms with E-state index in [1.807, 2.05) is 18.0 Å². The number of benzene rings is 2. The minimum absolute atomic E-state index is 0.954. The molecule has 0 bridgehead atoms. The van der Waals surface area contributed by atoms with Crippen LogP contribution in [0.15, 0.2) is 60.1 Å². The molecule has 2 aliphatic rings. The molecule has 0 spiro atoms. The molecule has 4 heteroatoms. The van der Waals surface area contributed by atoms with Crippen LogP contribution in [0.3, 0.4) is 0 Å². The quantitative estimate of drug-likeness (QED) is 0.616. The number of nitrogens with zero attached hydrogens (tertiary/aromatic N) is 2. The molecular weight excluding hydrogens is 308 g/mol. The van der Waals surface area contributed by atoms with Crippen LogP contribution in [-0.2, 0) is 0 Å². The van der Waals surface area contributed by atoms with Crippen LogP contribution in [0.1, 0.15) is 10.6 Å². The average molecular weight is 320 g/mol. The number of rotatable bonds is 1. The van der Waals surface area contributed by atoms with Gasteiger partial charge in [-0.1, -0.05) is 54.2 Å². The molecule has 2 nitrogen and oxygen atoms in total. The van der Waals surface area contributed by atoms with E-state index in [0.29, 0.717) is 0 Å². The maximum absolute atomic E-state index is 4.53. The zero-order chi connectivity index (χ0) is 14.5. The number of para-hydroxylation sites is 1. The molecule has 5 rings (SSSR count). The second-order valence-corrected chi connectivity index (χ2v) is 7.13. The van der Waals surface area contributed by atoms with Gasteiger partial charge in [0, 0.05) is 28.4 Å². The van der Waals surface area contributed by atoms with Crippen molar-refractivity contribution in [3.63, 3.8) is 0 Å². The highest BCUT2D eigenvalue weighted by molar-refractivity contribution is 8.09. The van der Waals surface area contributed by atoms with Gasteiger partial charge < -0.3 is 4.90 Å². The second-order valence-electron chi connectivity index (χ2n) is 5.28. The molecule has 0 fully saturated rings. The van der Waals surface area contributed by atoms with Crippen molar-refractivity contribution in [2.75, 3.05) is 10.8 Å². The molecule has 0 aliphatic carbocycles. The number of hydrogen-bond acceptors (Lipinski definition) is 4. The van der Waals surface area contributed by atoms with Crippen molar-refractivity contribution in [1.82, 2.24) is 4.98 Å². The van der Waals surface area contributed by atoms with Crippen LogP contribution in [0.25, 0.3) is 21.7 Å². The maximum atomic E-state index is 4.53. The monoisotopic (exact) mass is 320 g/mol. The smallest absolute Gasteiger partial charge is 0.131 e. The molecule has 0 radical (unpaired) electrons. The highest BCUT2D eigenvalue weighted by Crippen LogP contribution is 2.53. The third kappa shape index (κ3) is 1.65. The van der Waals surface area contributed by atoms with E-state index < -0.39 is 0 Å². The molecule has 0 unspecified atom stereocenters. The summed E-state index contributed by atoms with van der Waals surface area (Å²) in [6.07, 6.45) is 1.89. The molecule has 2 aromatic carbocycles. The molecule has 3 aromatic rings. The maximum Gasteiger partial charge on any atom is 0.131 e. The number of thioether (sulfide) groups is 1. The molecule has 2 aliphatic heterocycles. The fourth-order valence-electron chi connectivity index (χ4n) is 3.20. The largest absolute Gasteiger partial charge is 0.329 e. The summed E-state index contributed by atoms with van der Waals surface area (Å²) in [4.78, 5) is 8.26. The Hall–Kier alpha value is -2.04. The van der Waals surface area contributed by atoms with Gasteiger partial charge in [0.15, 0.2) is 0 Å². The van der Waals surface area contributed by atoms with E-state index in [1.165, 1.54) is 33.0 Å². The Balaban J connectivity index is 1.85. The molecule has 0 saturated heterocycles. The van der Waals surface area contributed by atoms with Crippen molar-refractivity contribution in [2.24, 2.45) is 0 Å². The van der Waals surface area contributed by atoms with Crippen LogP contribution < -0.4 is 4.90 Å². The SMILES string of the molecule is c1ccc2c(c1)C1=C(c3nccs3)SCN1c1ccccc1-2. The highest BCUT2D eigenvalue weighted by Gasteiger charge is 2.34. The van der Waals surface area contributed by atoms with Crippen LogP contribution in [0, 0.1) is 0 Å². The molecule has 1 aromatic heterocycles. The lowest BCUT2D eigenvalue weighted by molar-refractivity contribution is 1.18. The Kier molecular flexibility index (Phi) is 2.69. The predicted molar refractivity (Wildman–Crippen MR) is 95.7 cm³/mol. The van der Waals surface area contributed by atoms with Crippen LogP contribution in [0.2, 0.25) is 0 Å². The summed E-state index contributed by atoms with van der Waals surface area (Å²) in [5.41, 5.74) is 6.57. The molecule has 3 heterocycles. The Morgan fingerprint density at radius 3 is 2.50 bits per heavy atom. The fourth-order valence-corrected chi connectivity index (χ4v) is 5.16. The third-order valence-electron chi connectivity index (χ3n) is 4.12. The molecule has 0 atom stereocenters. The topological polar surface area (TPSA) is 16.1 Å². The summed E-state index contributed by atoms with van der Waals surface area (Å²) in [5.74, 6) is 0.954. The third-order valence-corrected chi connectivity index (χ3v) is 6.10. The normalized spacial score (nSPS) is 15.5. The van der Waals surface area contributed by atoms with Gasteiger partial charge >= 0.3 is 0 Å². The van der Waals surface area contributed by atoms with E-state index in [-0.39, 0.29) is 0 Å². The lowest BCUT2D eigenvalue weighted by Crippen LogP contribution is -2.21. The standard InChI is InChI=1S/C18H12N2S2/c1-2-7-14-12(5-1)13-6-3-4-8-15(13)20-11-22-17(16(14)20)18-19-9-10-21-18/h1-10H,11H2. The van der Waals surface area contributed by atoms with E-state index in [2.05, 4.69) is 63.8 Å². The molecule has 0 N–H and O–H groups in total. The first-order valence-electron chi connectivity index (χ1n) is 7.17. The van der Waals surface area contributed by atoms with Crippen molar-refractivity contribution in [3.05, 3.63) is 70.7 Å². The Morgan fingerprint density at radius 2 is 1.68 bits per heavy atom. The van der Waals surface area contributed by atoms with Gasteiger partial charge in [0.2, 0.25) is 0 Å². The van der Waals surface area contributed by atoms with Crippen molar-refractivity contribution in [3.8, 4) is 11.1 Å². The fraction of sp³-hybridized carbons (Fsp3) is 0.0556. The van der Waals surface area contributed by atoms with Crippen molar-refractivity contribution in [1.29, 1.82) is 0 Å². The van der Waals surface area contributed by atoms with Gasteiger partial charge in [0.05, 0.1) is 16.5 Å². The number of fused-ring (bicyclic) bond motifs is 6. The molecule has 0 saturated carbocycles. The van der Waals surface area contributed by atoms with Gasteiger partial charge in [-0.3, -0.25) is 0 Å². The predicted octanol–water partition coefficient (Wildman–Crippen LogP) is 5.16. The number of aromatic nitrogens is 1. The molecule has 22 heavy (non-hydrogen) atoms. The summed E-state index contributed by atoms with van der Waals surface area (Å²) < 4.78 is 0. The summed E-state index contributed by atoms with van der Waals surface area (Å²) in [6, 6.07) is 17.4. The summed E-state index contributed by atoms with van der Waals surface area (Å²) in [5, 5.41) is 3.17. The Morgan fingerprint density at radius 1 is 0.909 bits per heavy atom. The van der Waals surface area contributed by atoms with Crippen LogP contribution in [-0.4, -0.2) is 10.9 Å². The van der Waals surface area contributed by atoms with Crippen molar-refractivity contribution < 1.29 is 0 Å². The minimum Gasteiger partial charge on any atom is -0.329 e. The van der Waals surface area contributed by atoms with Gasteiger partial charge in [-0.25, -0.2) is 4.98 Å². The zero-order valence-electron chi connectivity index (χ0n) is 11.7. The number of anilines is 1. The van der Waals surface area contributed by atoms with E-state index in [9.17, 15) is 0 Å². The van der Waals surface area contributed by atoms with E-state index in [1.54, 1.807) is 11.3 Å². The van der Waals surface area contributed by atoms with Crippen LogP contribution >= 0.6 is 23.1 Å². The second kappa shape index (κ2) is 4.73. The molecular formula is C18H12N2S2. The van der Waals surface area contributed by atoms with Crippen molar-refractivity contribution in [2.45, 2.75) is 0 Å². The van der Waals surface area contributed by atoms with Gasteiger partial charge in [-0.15, -0.1) is 11.3 Å². The lowest BCUT2D eigenvalue weighted by Gasteiger charge is -2.31. The first kappa shape index (κ1) is 12.5. The van der Waals surface area contributed by atoms with Gasteiger partial charge in [-0.05, 0) is 11.6 Å². The van der Waals surface area contributed by atoms with Crippen molar-refractivity contribution >= 4 is 39.4 Å². The first-order valence-corrected chi connectivity index (χ1v) is 9.03. The summed E-state index contributed by atoms with van der Waals surface area (Å²) in [7, 11) is 0. The molecule has 0 amide bonds. The first-order chi connectivity index (χ1) is 10.9. The van der Waals surface area contributed by atoms with E-state index in [4.69, 9.17) is 0 Å². The van der Waals surface area contributed by atoms with Gasteiger partial charge in [0.25, 0.3) is 0 Å². The highest BCUT2D eigenvalue weighted by atomic mass is 32.2. The minimum atomic E-state index is 0.954. The lowest BCUT2D eigenvalue weighted by atomic mass is 9.91. The average Bonchev–Trinajstić information content (AvgIpc) is 3.24. The summed E-state index contributed by atoms with van der Waals surface area (Å²) in [6.45, 7) is 0. The van der Waals surface area contributed by atoms with E-state index in [0.717, 1.165) is 10.9 Å². The van der Waals surface area contributed by atoms with Gasteiger partial charge in [0.1, 0.15) is 5.01 Å². The molecule has 106 valence electrons. The van der Waals surface area contributed by atoms with Crippen LogP contribution in [0.4, 0.5) is 5.69 Å². The Labute approximate surface area is 137 Å². The summed E-state index contributed by atoms with van der Waals surface area (Å²) >= 11 is 3.60.